The van der Waals surface area contributed by atoms with Crippen molar-refractivity contribution in [1.82, 2.24) is 5.32 Å². The minimum atomic E-state index is -3.74. The number of primary sulfonamides is 1. The lowest BCUT2D eigenvalue weighted by Crippen LogP contribution is -2.16. The molecule has 2 rings (SSSR count). The number of nitrogens with two attached hydrogens (primary N) is 1. The Hall–Kier alpha value is -0.620. The third-order valence-corrected chi connectivity index (χ3v) is 4.21. The van der Waals surface area contributed by atoms with Crippen molar-refractivity contribution in [1.29, 1.82) is 0 Å². The Morgan fingerprint density at radius 2 is 2.12 bits per heavy atom. The largest absolute Gasteiger partial charge is 0.313 e. The summed E-state index contributed by atoms with van der Waals surface area (Å²) in [5.74, 6) is 0. The van der Waals surface area contributed by atoms with E-state index in [1.807, 2.05) is 0 Å². The van der Waals surface area contributed by atoms with Crippen LogP contribution in [-0.4, -0.2) is 15.0 Å². The van der Waals surface area contributed by atoms with E-state index in [4.69, 9.17) is 16.7 Å². The van der Waals surface area contributed by atoms with Gasteiger partial charge in [0, 0.05) is 6.54 Å². The van der Waals surface area contributed by atoms with E-state index in [9.17, 15) is 8.42 Å². The number of nitrogens with one attached hydrogen (secondary N) is 1. The summed E-state index contributed by atoms with van der Waals surface area (Å²) < 4.78 is 22.6. The molecule has 0 bridgehead atoms. The van der Waals surface area contributed by atoms with Crippen molar-refractivity contribution in [2.45, 2.75) is 24.3 Å². The first-order valence-corrected chi connectivity index (χ1v) is 6.96. The number of hydrogen-bond donors (Lipinski definition) is 2. The van der Waals surface area contributed by atoms with Crippen LogP contribution in [0.3, 0.4) is 0 Å². The van der Waals surface area contributed by atoms with Gasteiger partial charge in [0.1, 0.15) is 4.90 Å². The van der Waals surface area contributed by atoms with Crippen LogP contribution < -0.4 is 10.5 Å². The van der Waals surface area contributed by atoms with Gasteiger partial charge in [0.05, 0.1) is 5.02 Å². The van der Waals surface area contributed by atoms with Gasteiger partial charge in [-0.3, -0.25) is 0 Å². The van der Waals surface area contributed by atoms with Crippen LogP contribution in [-0.2, 0) is 23.0 Å². The fourth-order valence-electron chi connectivity index (χ4n) is 1.90. The van der Waals surface area contributed by atoms with E-state index in [1.165, 1.54) is 6.07 Å². The van der Waals surface area contributed by atoms with Gasteiger partial charge in [0.15, 0.2) is 0 Å². The predicted molar refractivity (Wildman–Crippen MR) is 62.9 cm³/mol. The van der Waals surface area contributed by atoms with Crippen molar-refractivity contribution in [3.05, 3.63) is 28.3 Å². The van der Waals surface area contributed by atoms with E-state index in [0.717, 1.165) is 30.5 Å². The first-order chi connectivity index (χ1) is 7.50. The van der Waals surface area contributed by atoms with Gasteiger partial charge in [-0.1, -0.05) is 17.7 Å². The van der Waals surface area contributed by atoms with Gasteiger partial charge >= 0.3 is 0 Å². The van der Waals surface area contributed by atoms with Crippen LogP contribution >= 0.6 is 11.6 Å². The fourth-order valence-corrected chi connectivity index (χ4v) is 3.11. The van der Waals surface area contributed by atoms with Gasteiger partial charge < -0.3 is 5.32 Å². The molecular formula is C10H13ClN2O2S. The number of sulfonamides is 1. The van der Waals surface area contributed by atoms with E-state index < -0.39 is 10.0 Å². The summed E-state index contributed by atoms with van der Waals surface area (Å²) in [7, 11) is -3.74. The van der Waals surface area contributed by atoms with Gasteiger partial charge in [-0.15, -0.1) is 0 Å². The highest BCUT2D eigenvalue weighted by Crippen LogP contribution is 2.29. The van der Waals surface area contributed by atoms with Crippen LogP contribution in [0, 0.1) is 0 Å². The topological polar surface area (TPSA) is 72.2 Å². The van der Waals surface area contributed by atoms with Crippen molar-refractivity contribution in [3.8, 4) is 0 Å². The molecule has 0 radical (unpaired) electrons. The molecule has 0 spiro atoms. The molecule has 0 aliphatic carbocycles. The zero-order valence-electron chi connectivity index (χ0n) is 8.66. The molecule has 0 atom stereocenters. The van der Waals surface area contributed by atoms with Crippen molar-refractivity contribution in [2.24, 2.45) is 5.14 Å². The molecule has 0 aromatic heterocycles. The minimum absolute atomic E-state index is 0.0108. The molecule has 3 N–H and O–H groups in total. The summed E-state index contributed by atoms with van der Waals surface area (Å²) >= 11 is 6.08. The quantitative estimate of drug-likeness (QED) is 0.792. The van der Waals surface area contributed by atoms with E-state index in [1.54, 1.807) is 6.07 Å². The number of rotatable bonds is 1. The second-order valence-corrected chi connectivity index (χ2v) is 5.75. The maximum atomic E-state index is 11.3. The van der Waals surface area contributed by atoms with E-state index >= 15 is 0 Å². The molecule has 16 heavy (non-hydrogen) atoms. The number of fused-ring (bicyclic) bond motifs is 1. The second-order valence-electron chi connectivity index (χ2n) is 3.84. The molecule has 0 fully saturated rings. The van der Waals surface area contributed by atoms with Gasteiger partial charge in [0.25, 0.3) is 0 Å². The Kier molecular flexibility index (Phi) is 3.21. The lowest BCUT2D eigenvalue weighted by molar-refractivity contribution is 0.597. The number of benzene rings is 1. The van der Waals surface area contributed by atoms with Crippen LogP contribution in [0.1, 0.15) is 17.5 Å². The molecule has 88 valence electrons. The molecule has 0 amide bonds. The molecule has 1 aromatic carbocycles. The average molecular weight is 261 g/mol. The Morgan fingerprint density at radius 3 is 2.81 bits per heavy atom. The number of hydrogen-bond acceptors (Lipinski definition) is 3. The third-order valence-electron chi connectivity index (χ3n) is 2.71. The van der Waals surface area contributed by atoms with Gasteiger partial charge in [0.2, 0.25) is 10.0 Å². The molecule has 1 aliphatic heterocycles. The molecule has 6 heteroatoms. The Bertz CT molecular complexity index is 514. The molecule has 0 saturated carbocycles. The first kappa shape index (κ1) is 11.9. The monoisotopic (exact) mass is 260 g/mol. The standard InChI is InChI=1S/C10H13ClN2O2S/c11-10-8-6-13-5-1-2-7(8)3-4-9(10)16(12,14)15/h3-4,13H,1-2,5-6H2,(H2,12,14,15). The van der Waals surface area contributed by atoms with E-state index in [2.05, 4.69) is 5.32 Å². The van der Waals surface area contributed by atoms with Crippen molar-refractivity contribution >= 4 is 21.6 Å². The molecule has 0 saturated heterocycles. The smallest absolute Gasteiger partial charge is 0.239 e. The zero-order chi connectivity index (χ0) is 11.8. The van der Waals surface area contributed by atoms with E-state index in [0.29, 0.717) is 6.54 Å². The summed E-state index contributed by atoms with van der Waals surface area (Å²) in [4.78, 5) is 0.0108. The van der Waals surface area contributed by atoms with Crippen LogP contribution in [0.2, 0.25) is 5.02 Å². The van der Waals surface area contributed by atoms with Gasteiger partial charge in [-0.05, 0) is 36.6 Å². The Labute approximate surface area is 99.8 Å². The van der Waals surface area contributed by atoms with Crippen LogP contribution in [0.25, 0.3) is 0 Å². The van der Waals surface area contributed by atoms with Gasteiger partial charge in [-0.2, -0.15) is 0 Å². The SMILES string of the molecule is NS(=O)(=O)c1ccc2c(c1Cl)CNCCC2. The Balaban J connectivity index is 2.59. The lowest BCUT2D eigenvalue weighted by Gasteiger charge is -2.11. The zero-order valence-corrected chi connectivity index (χ0v) is 10.2. The summed E-state index contributed by atoms with van der Waals surface area (Å²) in [6, 6.07) is 3.29. The lowest BCUT2D eigenvalue weighted by atomic mass is 10.0. The molecule has 1 aliphatic rings. The molecule has 1 aromatic rings. The molecule has 1 heterocycles. The summed E-state index contributed by atoms with van der Waals surface area (Å²) in [6.07, 6.45) is 1.94. The van der Waals surface area contributed by atoms with Crippen molar-refractivity contribution in [3.63, 3.8) is 0 Å². The third kappa shape index (κ3) is 2.22. The van der Waals surface area contributed by atoms with Crippen LogP contribution in [0.15, 0.2) is 17.0 Å². The summed E-state index contributed by atoms with van der Waals surface area (Å²) in [5, 5.41) is 8.56. The average Bonchev–Trinajstić information content (AvgIpc) is 2.41. The number of aryl methyl sites for hydroxylation is 1. The van der Waals surface area contributed by atoms with Crippen LogP contribution in [0.5, 0.6) is 0 Å². The van der Waals surface area contributed by atoms with Crippen LogP contribution in [0.4, 0.5) is 0 Å². The first-order valence-electron chi connectivity index (χ1n) is 5.04. The molecule has 4 nitrogen and oxygen atoms in total. The summed E-state index contributed by atoms with van der Waals surface area (Å²) in [6.45, 7) is 1.51. The van der Waals surface area contributed by atoms with Gasteiger partial charge in [-0.25, -0.2) is 13.6 Å². The highest BCUT2D eigenvalue weighted by atomic mass is 35.5. The van der Waals surface area contributed by atoms with Crippen molar-refractivity contribution < 1.29 is 8.42 Å². The minimum Gasteiger partial charge on any atom is -0.313 e. The second kappa shape index (κ2) is 4.33. The number of halogens is 1. The predicted octanol–water partition coefficient (Wildman–Crippen LogP) is 1.02. The van der Waals surface area contributed by atoms with Crippen molar-refractivity contribution in [2.75, 3.05) is 6.54 Å². The van der Waals surface area contributed by atoms with E-state index in [-0.39, 0.29) is 9.92 Å². The highest BCUT2D eigenvalue weighted by Gasteiger charge is 2.19. The molecular weight excluding hydrogens is 248 g/mol. The maximum absolute atomic E-state index is 11.3. The Morgan fingerprint density at radius 1 is 1.38 bits per heavy atom. The summed E-state index contributed by atoms with van der Waals surface area (Å²) in [5.41, 5.74) is 1.95. The molecule has 0 unspecified atom stereocenters. The fraction of sp³-hybridized carbons (Fsp3) is 0.400. The maximum Gasteiger partial charge on any atom is 0.239 e. The normalized spacial score (nSPS) is 16.6. The highest BCUT2D eigenvalue weighted by molar-refractivity contribution is 7.89.